The lowest BCUT2D eigenvalue weighted by Gasteiger charge is -2.35. The highest BCUT2D eigenvalue weighted by Gasteiger charge is 2.36. The van der Waals surface area contributed by atoms with Crippen molar-refractivity contribution in [1.82, 2.24) is 0 Å². The van der Waals surface area contributed by atoms with Gasteiger partial charge < -0.3 is 24.8 Å². The first-order valence-corrected chi connectivity index (χ1v) is 3.84. The van der Waals surface area contributed by atoms with Crippen molar-refractivity contribution in [1.29, 1.82) is 0 Å². The fourth-order valence-corrected chi connectivity index (χ4v) is 1.23. The largest absolute Gasteiger partial charge is 0.394 e. The van der Waals surface area contributed by atoms with E-state index in [2.05, 4.69) is 0 Å². The molecule has 1 aliphatic heterocycles. The molecular weight excluding hydrogens is 164 g/mol. The Balaban J connectivity index is 2.52. The van der Waals surface area contributed by atoms with Gasteiger partial charge in [0.25, 0.3) is 0 Å². The normalized spacial score (nSPS) is 43.0. The number of hydrogen-bond acceptors (Lipinski definition) is 5. The van der Waals surface area contributed by atoms with Gasteiger partial charge in [-0.3, -0.25) is 0 Å². The van der Waals surface area contributed by atoms with Crippen molar-refractivity contribution in [2.45, 2.75) is 31.0 Å². The van der Waals surface area contributed by atoms with Crippen LogP contribution < -0.4 is 0 Å². The molecule has 1 fully saturated rings. The highest BCUT2D eigenvalue weighted by atomic mass is 16.7. The minimum absolute atomic E-state index is 0.177. The Morgan fingerprint density at radius 3 is 2.67 bits per heavy atom. The molecular formula is C7H14O5. The van der Waals surface area contributed by atoms with E-state index >= 15 is 0 Å². The van der Waals surface area contributed by atoms with Crippen molar-refractivity contribution in [2.24, 2.45) is 0 Å². The predicted octanol–water partition coefficient (Wildman–Crippen LogP) is -1.54. The molecule has 0 radical (unpaired) electrons. The zero-order valence-electron chi connectivity index (χ0n) is 6.88. The van der Waals surface area contributed by atoms with Crippen LogP contribution in [0.3, 0.4) is 0 Å². The molecule has 72 valence electrons. The van der Waals surface area contributed by atoms with Gasteiger partial charge >= 0.3 is 0 Å². The fourth-order valence-electron chi connectivity index (χ4n) is 1.23. The Kier molecular flexibility index (Phi) is 3.42. The molecule has 1 rings (SSSR count). The van der Waals surface area contributed by atoms with Crippen molar-refractivity contribution in [3.05, 3.63) is 0 Å². The van der Waals surface area contributed by atoms with Crippen LogP contribution in [0.25, 0.3) is 0 Å². The molecule has 12 heavy (non-hydrogen) atoms. The van der Waals surface area contributed by atoms with Crippen LogP contribution in [-0.2, 0) is 9.47 Å². The van der Waals surface area contributed by atoms with Gasteiger partial charge in [-0.2, -0.15) is 0 Å². The molecule has 5 heteroatoms. The van der Waals surface area contributed by atoms with Crippen molar-refractivity contribution < 1.29 is 24.8 Å². The average molecular weight is 178 g/mol. The molecule has 0 bridgehead atoms. The second-order valence-corrected chi connectivity index (χ2v) is 2.84. The Morgan fingerprint density at radius 1 is 1.50 bits per heavy atom. The van der Waals surface area contributed by atoms with E-state index in [1.54, 1.807) is 0 Å². The number of aliphatic hydroxyl groups is 3. The topological polar surface area (TPSA) is 79.2 Å². The summed E-state index contributed by atoms with van der Waals surface area (Å²) in [6.07, 6.45) is -2.98. The second-order valence-electron chi connectivity index (χ2n) is 2.84. The highest BCUT2D eigenvalue weighted by molar-refractivity contribution is 4.80. The summed E-state index contributed by atoms with van der Waals surface area (Å²) in [5.74, 6) is 0. The third-order valence-electron chi connectivity index (χ3n) is 1.94. The van der Waals surface area contributed by atoms with Crippen molar-refractivity contribution in [3.63, 3.8) is 0 Å². The molecule has 0 amide bonds. The van der Waals surface area contributed by atoms with E-state index in [1.807, 2.05) is 0 Å². The summed E-state index contributed by atoms with van der Waals surface area (Å²) in [6, 6.07) is 0. The van der Waals surface area contributed by atoms with Gasteiger partial charge in [-0.1, -0.05) is 0 Å². The van der Waals surface area contributed by atoms with Gasteiger partial charge in [0, 0.05) is 13.5 Å². The van der Waals surface area contributed by atoms with E-state index in [4.69, 9.17) is 14.6 Å². The van der Waals surface area contributed by atoms with Crippen molar-refractivity contribution >= 4 is 0 Å². The number of hydrogen-bond donors (Lipinski definition) is 3. The predicted molar refractivity (Wildman–Crippen MR) is 39.4 cm³/mol. The zero-order chi connectivity index (χ0) is 9.14. The van der Waals surface area contributed by atoms with E-state index in [0.717, 1.165) is 0 Å². The summed E-state index contributed by atoms with van der Waals surface area (Å²) >= 11 is 0. The summed E-state index contributed by atoms with van der Waals surface area (Å²) in [4.78, 5) is 0. The van der Waals surface area contributed by atoms with E-state index in [9.17, 15) is 10.2 Å². The molecule has 0 unspecified atom stereocenters. The Bertz CT molecular complexity index is 140. The molecule has 0 aliphatic carbocycles. The van der Waals surface area contributed by atoms with Crippen LogP contribution in [0.2, 0.25) is 0 Å². The highest BCUT2D eigenvalue weighted by Crippen LogP contribution is 2.20. The van der Waals surface area contributed by atoms with Crippen molar-refractivity contribution in [3.8, 4) is 0 Å². The summed E-state index contributed by atoms with van der Waals surface area (Å²) in [5.41, 5.74) is 0. The Morgan fingerprint density at radius 2 is 2.17 bits per heavy atom. The van der Waals surface area contributed by atoms with E-state index in [0.29, 0.717) is 0 Å². The Labute approximate surface area is 70.5 Å². The smallest absolute Gasteiger partial charge is 0.186 e. The lowest BCUT2D eigenvalue weighted by molar-refractivity contribution is -0.262. The SMILES string of the molecule is CO[C@H]1O[C@H](CO)C[C@@H](O)[C@@H]1O. The maximum absolute atomic E-state index is 9.27. The van der Waals surface area contributed by atoms with Gasteiger partial charge in [-0.25, -0.2) is 0 Å². The van der Waals surface area contributed by atoms with Gasteiger partial charge in [-0.15, -0.1) is 0 Å². The van der Waals surface area contributed by atoms with Crippen LogP contribution >= 0.6 is 0 Å². The lowest BCUT2D eigenvalue weighted by atomic mass is 10.0. The quantitative estimate of drug-likeness (QED) is 0.477. The standard InChI is InChI=1S/C7H14O5/c1-11-7-6(10)5(9)2-4(3-8)12-7/h4-10H,2-3H2,1H3/t4-,5+,6-,7-/m0/s1. The number of methoxy groups -OCH3 is 1. The maximum atomic E-state index is 9.27. The minimum Gasteiger partial charge on any atom is -0.394 e. The number of rotatable bonds is 2. The van der Waals surface area contributed by atoms with E-state index < -0.39 is 24.6 Å². The lowest BCUT2D eigenvalue weighted by Crippen LogP contribution is -2.49. The summed E-state index contributed by atoms with van der Waals surface area (Å²) in [7, 11) is 1.38. The van der Waals surface area contributed by atoms with Gasteiger partial charge in [0.2, 0.25) is 0 Å². The molecule has 3 N–H and O–H groups in total. The molecule has 5 nitrogen and oxygen atoms in total. The Hall–Kier alpha value is -0.200. The van der Waals surface area contributed by atoms with Gasteiger partial charge in [-0.05, 0) is 0 Å². The summed E-state index contributed by atoms with van der Waals surface area (Å²) in [6.45, 7) is -0.177. The van der Waals surface area contributed by atoms with Gasteiger partial charge in [0.05, 0.1) is 18.8 Å². The molecule has 0 aromatic carbocycles. The van der Waals surface area contributed by atoms with Crippen LogP contribution in [0.1, 0.15) is 6.42 Å². The molecule has 0 aromatic heterocycles. The third kappa shape index (κ3) is 1.94. The molecule has 4 atom stereocenters. The van der Waals surface area contributed by atoms with Crippen LogP contribution in [-0.4, -0.2) is 53.6 Å². The third-order valence-corrected chi connectivity index (χ3v) is 1.94. The number of ether oxygens (including phenoxy) is 2. The second kappa shape index (κ2) is 4.15. The van der Waals surface area contributed by atoms with Crippen LogP contribution in [0.4, 0.5) is 0 Å². The van der Waals surface area contributed by atoms with Gasteiger partial charge in [0.15, 0.2) is 6.29 Å². The first-order chi connectivity index (χ1) is 5.69. The first-order valence-electron chi connectivity index (χ1n) is 3.84. The van der Waals surface area contributed by atoms with E-state index in [1.165, 1.54) is 7.11 Å². The zero-order valence-corrected chi connectivity index (χ0v) is 6.88. The minimum atomic E-state index is -1.03. The van der Waals surface area contributed by atoms with Crippen molar-refractivity contribution in [2.75, 3.05) is 13.7 Å². The van der Waals surface area contributed by atoms with Crippen LogP contribution in [0.15, 0.2) is 0 Å². The molecule has 1 aliphatic rings. The molecule has 1 heterocycles. The number of aliphatic hydroxyl groups excluding tert-OH is 3. The molecule has 1 saturated heterocycles. The van der Waals surface area contributed by atoms with Crippen LogP contribution in [0, 0.1) is 0 Å². The fraction of sp³-hybridized carbons (Fsp3) is 1.00. The van der Waals surface area contributed by atoms with Crippen LogP contribution in [0.5, 0.6) is 0 Å². The maximum Gasteiger partial charge on any atom is 0.186 e. The molecule has 0 aromatic rings. The van der Waals surface area contributed by atoms with Gasteiger partial charge in [0.1, 0.15) is 6.10 Å². The first kappa shape index (κ1) is 9.88. The average Bonchev–Trinajstić information content (AvgIpc) is 2.09. The molecule has 0 saturated carbocycles. The van der Waals surface area contributed by atoms with E-state index in [-0.39, 0.29) is 13.0 Å². The monoisotopic (exact) mass is 178 g/mol. The summed E-state index contributed by atoms with van der Waals surface area (Å²) < 4.78 is 9.85. The molecule has 0 spiro atoms. The summed E-state index contributed by atoms with van der Waals surface area (Å²) in [5, 5.41) is 27.3.